The van der Waals surface area contributed by atoms with Crippen LogP contribution in [-0.4, -0.2) is 5.11 Å². The van der Waals surface area contributed by atoms with Crippen LogP contribution in [0.1, 0.15) is 22.8 Å². The molecule has 0 fully saturated rings. The summed E-state index contributed by atoms with van der Waals surface area (Å²) in [4.78, 5) is 0. The topological polar surface area (TPSA) is 44.0 Å². The molecule has 0 heterocycles. The van der Waals surface area contributed by atoms with Crippen LogP contribution in [0, 0.1) is 11.3 Å². The van der Waals surface area contributed by atoms with Crippen LogP contribution in [0.25, 0.3) is 0 Å². The second-order valence-electron chi connectivity index (χ2n) is 3.69. The van der Waals surface area contributed by atoms with E-state index in [1.807, 2.05) is 0 Å². The van der Waals surface area contributed by atoms with Crippen LogP contribution in [0.15, 0.2) is 48.5 Å². The van der Waals surface area contributed by atoms with Gasteiger partial charge in [0.2, 0.25) is 0 Å². The minimum atomic E-state index is -0.736. The van der Waals surface area contributed by atoms with E-state index in [2.05, 4.69) is 6.07 Å². The van der Waals surface area contributed by atoms with E-state index < -0.39 is 6.10 Å². The molecule has 3 heteroatoms. The van der Waals surface area contributed by atoms with Crippen molar-refractivity contribution in [1.29, 1.82) is 5.26 Å². The summed E-state index contributed by atoms with van der Waals surface area (Å²) in [6.45, 7) is 0. The summed E-state index contributed by atoms with van der Waals surface area (Å²) in [5.41, 5.74) is 1.99. The van der Waals surface area contributed by atoms with Crippen molar-refractivity contribution in [3.05, 3.63) is 70.2 Å². The van der Waals surface area contributed by atoms with Crippen LogP contribution in [0.3, 0.4) is 0 Å². The van der Waals surface area contributed by atoms with Crippen LogP contribution in [0.2, 0.25) is 5.02 Å². The number of benzene rings is 2. The third-order valence-corrected chi connectivity index (χ3v) is 2.77. The maximum Gasteiger partial charge on any atom is 0.104 e. The highest BCUT2D eigenvalue weighted by Gasteiger charge is 2.10. The van der Waals surface area contributed by atoms with Crippen molar-refractivity contribution in [3.63, 3.8) is 0 Å². The molecule has 0 amide bonds. The van der Waals surface area contributed by atoms with Gasteiger partial charge in [0.1, 0.15) is 6.10 Å². The van der Waals surface area contributed by atoms with E-state index in [0.717, 1.165) is 5.56 Å². The van der Waals surface area contributed by atoms with Crippen LogP contribution >= 0.6 is 11.6 Å². The molecule has 1 N–H and O–H groups in total. The Morgan fingerprint density at radius 1 is 1.06 bits per heavy atom. The quantitative estimate of drug-likeness (QED) is 0.880. The number of halogens is 1. The molecule has 0 aliphatic rings. The molecule has 0 aromatic heterocycles. The molecular weight excluding hydrogens is 234 g/mol. The predicted molar refractivity (Wildman–Crippen MR) is 66.7 cm³/mol. The van der Waals surface area contributed by atoms with Gasteiger partial charge >= 0.3 is 0 Å². The zero-order valence-corrected chi connectivity index (χ0v) is 9.72. The van der Waals surface area contributed by atoms with Gasteiger partial charge in [0.15, 0.2) is 0 Å². The van der Waals surface area contributed by atoms with Gasteiger partial charge in [-0.2, -0.15) is 5.26 Å². The zero-order chi connectivity index (χ0) is 12.3. The first-order valence-corrected chi connectivity index (χ1v) is 5.52. The third-order valence-electron chi connectivity index (χ3n) is 2.52. The van der Waals surface area contributed by atoms with E-state index in [9.17, 15) is 5.11 Å². The van der Waals surface area contributed by atoms with Crippen LogP contribution in [0.5, 0.6) is 0 Å². The van der Waals surface area contributed by atoms with Crippen molar-refractivity contribution in [2.24, 2.45) is 0 Å². The number of aliphatic hydroxyl groups excluding tert-OH is 1. The van der Waals surface area contributed by atoms with Crippen molar-refractivity contribution in [3.8, 4) is 6.07 Å². The van der Waals surface area contributed by atoms with Gasteiger partial charge in [-0.05, 0) is 35.4 Å². The van der Waals surface area contributed by atoms with Crippen molar-refractivity contribution >= 4 is 11.6 Å². The summed E-state index contributed by atoms with van der Waals surface area (Å²) in [6, 6.07) is 16.0. The first kappa shape index (κ1) is 11.7. The van der Waals surface area contributed by atoms with Crippen LogP contribution in [0.4, 0.5) is 0 Å². The molecular formula is C14H10ClNO. The lowest BCUT2D eigenvalue weighted by atomic mass is 10.0. The lowest BCUT2D eigenvalue weighted by Crippen LogP contribution is -1.99. The lowest BCUT2D eigenvalue weighted by Gasteiger charge is -2.11. The molecule has 1 atom stereocenters. The van der Waals surface area contributed by atoms with Crippen molar-refractivity contribution in [2.75, 3.05) is 0 Å². The van der Waals surface area contributed by atoms with Gasteiger partial charge in [0, 0.05) is 5.02 Å². The van der Waals surface area contributed by atoms with Gasteiger partial charge in [-0.3, -0.25) is 0 Å². The van der Waals surface area contributed by atoms with Crippen molar-refractivity contribution in [2.45, 2.75) is 6.10 Å². The minimum Gasteiger partial charge on any atom is -0.384 e. The molecule has 2 aromatic carbocycles. The molecule has 2 nitrogen and oxygen atoms in total. The predicted octanol–water partition coefficient (Wildman–Crippen LogP) is 3.29. The SMILES string of the molecule is N#Cc1cccc([C@H](O)c2ccc(Cl)cc2)c1. The molecule has 84 valence electrons. The van der Waals surface area contributed by atoms with E-state index >= 15 is 0 Å². The summed E-state index contributed by atoms with van der Waals surface area (Å²) < 4.78 is 0. The number of hydrogen-bond donors (Lipinski definition) is 1. The molecule has 0 unspecified atom stereocenters. The second-order valence-corrected chi connectivity index (χ2v) is 4.13. The highest BCUT2D eigenvalue weighted by Crippen LogP contribution is 2.23. The van der Waals surface area contributed by atoms with E-state index in [4.69, 9.17) is 16.9 Å². The average Bonchev–Trinajstić information content (AvgIpc) is 2.39. The monoisotopic (exact) mass is 243 g/mol. The number of rotatable bonds is 2. The molecule has 0 bridgehead atoms. The van der Waals surface area contributed by atoms with Crippen molar-refractivity contribution < 1.29 is 5.11 Å². The highest BCUT2D eigenvalue weighted by molar-refractivity contribution is 6.30. The number of hydrogen-bond acceptors (Lipinski definition) is 2. The normalized spacial score (nSPS) is 11.8. The Kier molecular flexibility index (Phi) is 3.43. The van der Waals surface area contributed by atoms with Gasteiger partial charge in [0.05, 0.1) is 11.6 Å². The first-order valence-electron chi connectivity index (χ1n) is 5.14. The zero-order valence-electron chi connectivity index (χ0n) is 8.97. The largest absolute Gasteiger partial charge is 0.384 e. The smallest absolute Gasteiger partial charge is 0.104 e. The minimum absolute atomic E-state index is 0.538. The molecule has 0 spiro atoms. The molecule has 0 saturated heterocycles. The molecule has 2 aromatic rings. The van der Waals surface area contributed by atoms with E-state index in [1.165, 1.54) is 0 Å². The Balaban J connectivity index is 2.33. The Morgan fingerprint density at radius 2 is 1.76 bits per heavy atom. The second kappa shape index (κ2) is 5.01. The fourth-order valence-electron chi connectivity index (χ4n) is 1.62. The third kappa shape index (κ3) is 2.65. The Bertz CT molecular complexity index is 557. The molecule has 17 heavy (non-hydrogen) atoms. The fourth-order valence-corrected chi connectivity index (χ4v) is 1.74. The Labute approximate surface area is 105 Å². The Hall–Kier alpha value is -1.82. The molecule has 0 aliphatic heterocycles. The van der Waals surface area contributed by atoms with E-state index in [-0.39, 0.29) is 0 Å². The van der Waals surface area contributed by atoms with E-state index in [1.54, 1.807) is 48.5 Å². The van der Waals surface area contributed by atoms with Gasteiger partial charge in [0.25, 0.3) is 0 Å². The fraction of sp³-hybridized carbons (Fsp3) is 0.0714. The van der Waals surface area contributed by atoms with E-state index in [0.29, 0.717) is 16.1 Å². The standard InChI is InChI=1S/C14H10ClNO/c15-13-6-4-11(5-7-13)14(17)12-3-1-2-10(8-12)9-16/h1-8,14,17H/t14-/m1/s1. The number of nitrogens with zero attached hydrogens (tertiary/aromatic N) is 1. The Morgan fingerprint density at radius 3 is 2.41 bits per heavy atom. The summed E-state index contributed by atoms with van der Waals surface area (Å²) in [6.07, 6.45) is -0.736. The summed E-state index contributed by atoms with van der Waals surface area (Å²) in [7, 11) is 0. The van der Waals surface area contributed by atoms with Crippen LogP contribution in [-0.2, 0) is 0 Å². The molecule has 2 rings (SSSR count). The molecule has 0 aliphatic carbocycles. The number of aliphatic hydroxyl groups is 1. The van der Waals surface area contributed by atoms with Gasteiger partial charge in [-0.15, -0.1) is 0 Å². The molecule has 0 radical (unpaired) electrons. The first-order chi connectivity index (χ1) is 8.20. The van der Waals surface area contributed by atoms with Crippen LogP contribution < -0.4 is 0 Å². The maximum atomic E-state index is 10.2. The van der Waals surface area contributed by atoms with Gasteiger partial charge in [-0.25, -0.2) is 0 Å². The van der Waals surface area contributed by atoms with Gasteiger partial charge < -0.3 is 5.11 Å². The van der Waals surface area contributed by atoms with Gasteiger partial charge in [-0.1, -0.05) is 35.9 Å². The lowest BCUT2D eigenvalue weighted by molar-refractivity contribution is 0.220. The maximum absolute atomic E-state index is 10.2. The highest BCUT2D eigenvalue weighted by atomic mass is 35.5. The summed E-state index contributed by atoms with van der Waals surface area (Å²) in [5.74, 6) is 0. The summed E-state index contributed by atoms with van der Waals surface area (Å²) >= 11 is 5.79. The average molecular weight is 244 g/mol. The summed E-state index contributed by atoms with van der Waals surface area (Å²) in [5, 5.41) is 19.6. The van der Waals surface area contributed by atoms with Crippen molar-refractivity contribution in [1.82, 2.24) is 0 Å². The molecule has 0 saturated carbocycles. The number of nitriles is 1.